The topological polar surface area (TPSA) is 57.2 Å². The molecule has 0 amide bonds. The van der Waals surface area contributed by atoms with E-state index in [4.69, 9.17) is 0 Å². The summed E-state index contributed by atoms with van der Waals surface area (Å²) in [5.41, 5.74) is 1.11. The Morgan fingerprint density at radius 3 is 1.69 bits per heavy atom. The second-order valence-electron chi connectivity index (χ2n) is 8.26. The van der Waals surface area contributed by atoms with E-state index in [2.05, 4.69) is 13.8 Å². The molecule has 0 saturated carbocycles. The molecule has 0 bridgehead atoms. The van der Waals surface area contributed by atoms with Crippen LogP contribution in [0.5, 0.6) is 0 Å². The van der Waals surface area contributed by atoms with Gasteiger partial charge in [-0.05, 0) is 36.5 Å². The van der Waals surface area contributed by atoms with Gasteiger partial charge in [0.25, 0.3) is 0 Å². The van der Waals surface area contributed by atoms with Crippen molar-refractivity contribution in [3.63, 3.8) is 0 Å². The minimum atomic E-state index is -4.33. The van der Waals surface area contributed by atoms with Gasteiger partial charge >= 0.3 is 29.6 Å². The molecule has 162 valence electrons. The SMILES string of the molecule is CCCCCCCC(CCCCC)CCCCCc1ccc(S(=O)(=O)[O-])cc1.[Na+]. The summed E-state index contributed by atoms with van der Waals surface area (Å²) in [6, 6.07) is 6.41. The van der Waals surface area contributed by atoms with Gasteiger partial charge in [-0.2, -0.15) is 0 Å². The van der Waals surface area contributed by atoms with Crippen molar-refractivity contribution in [3.05, 3.63) is 29.8 Å². The summed E-state index contributed by atoms with van der Waals surface area (Å²) in [6.45, 7) is 4.55. The molecule has 5 heteroatoms. The van der Waals surface area contributed by atoms with Crippen molar-refractivity contribution in [1.82, 2.24) is 0 Å². The fraction of sp³-hybridized carbons (Fsp3) is 0.750. The van der Waals surface area contributed by atoms with Crippen LogP contribution in [0.15, 0.2) is 29.2 Å². The van der Waals surface area contributed by atoms with Crippen LogP contribution in [0.1, 0.15) is 109 Å². The van der Waals surface area contributed by atoms with Crippen LogP contribution in [0.2, 0.25) is 0 Å². The van der Waals surface area contributed by atoms with Gasteiger partial charge in [0, 0.05) is 0 Å². The fourth-order valence-electron chi connectivity index (χ4n) is 3.91. The summed E-state index contributed by atoms with van der Waals surface area (Å²) in [4.78, 5) is -0.134. The standard InChI is InChI=1S/C24H42O3S.Na/c1-3-5-7-8-11-15-22(14-10-6-4-2)16-12-9-13-17-23-18-20-24(21-19-23)28(25,26)27;/h18-22H,3-17H2,1-2H3,(H,25,26,27);/q;+1/p-1. The molecule has 1 rings (SSSR count). The predicted molar refractivity (Wildman–Crippen MR) is 118 cm³/mol. The molecule has 0 aliphatic carbocycles. The minimum Gasteiger partial charge on any atom is -0.744 e. The van der Waals surface area contributed by atoms with Crippen molar-refractivity contribution in [1.29, 1.82) is 0 Å². The maximum absolute atomic E-state index is 11.0. The van der Waals surface area contributed by atoms with Crippen LogP contribution < -0.4 is 29.6 Å². The third-order valence-electron chi connectivity index (χ3n) is 5.72. The number of unbranched alkanes of at least 4 members (excludes halogenated alkanes) is 8. The van der Waals surface area contributed by atoms with Crippen LogP contribution in [0.3, 0.4) is 0 Å². The number of rotatable bonds is 17. The molecule has 0 fully saturated rings. The predicted octanol–water partition coefficient (Wildman–Crippen LogP) is 4.25. The molecule has 0 aromatic heterocycles. The number of hydrogen-bond donors (Lipinski definition) is 0. The maximum atomic E-state index is 11.0. The number of hydrogen-bond acceptors (Lipinski definition) is 3. The Balaban J connectivity index is 0.00000784. The van der Waals surface area contributed by atoms with Crippen LogP contribution in [0, 0.1) is 5.92 Å². The van der Waals surface area contributed by atoms with E-state index in [9.17, 15) is 13.0 Å². The third kappa shape index (κ3) is 14.7. The molecule has 0 aliphatic rings. The average Bonchev–Trinajstić information content (AvgIpc) is 2.67. The monoisotopic (exact) mass is 432 g/mol. The van der Waals surface area contributed by atoms with Crippen LogP contribution in [-0.2, 0) is 16.5 Å². The van der Waals surface area contributed by atoms with Gasteiger partial charge in [-0.15, -0.1) is 0 Å². The Morgan fingerprint density at radius 1 is 0.724 bits per heavy atom. The Hall–Kier alpha value is 0.130. The van der Waals surface area contributed by atoms with Gasteiger partial charge in [-0.1, -0.05) is 109 Å². The molecule has 0 spiro atoms. The Kier molecular flexibility index (Phi) is 17.9. The second-order valence-corrected chi connectivity index (χ2v) is 9.64. The fourth-order valence-corrected chi connectivity index (χ4v) is 4.38. The van der Waals surface area contributed by atoms with Gasteiger partial charge in [0.05, 0.1) is 4.90 Å². The van der Waals surface area contributed by atoms with Gasteiger partial charge in [-0.3, -0.25) is 0 Å². The quantitative estimate of drug-likeness (QED) is 0.210. The van der Waals surface area contributed by atoms with E-state index < -0.39 is 10.1 Å². The van der Waals surface area contributed by atoms with Crippen molar-refractivity contribution in [2.45, 2.75) is 115 Å². The van der Waals surface area contributed by atoms with E-state index in [0.29, 0.717) is 0 Å². The molecule has 1 aromatic carbocycles. The van der Waals surface area contributed by atoms with Gasteiger partial charge in [0.1, 0.15) is 10.1 Å². The van der Waals surface area contributed by atoms with Crippen molar-refractivity contribution in [2.75, 3.05) is 0 Å². The molecule has 1 aromatic rings. The molecular formula is C24H41NaO3S. The smallest absolute Gasteiger partial charge is 0.744 e. The molecule has 0 radical (unpaired) electrons. The van der Waals surface area contributed by atoms with Crippen LogP contribution in [0.4, 0.5) is 0 Å². The van der Waals surface area contributed by atoms with Crippen molar-refractivity contribution in [3.8, 4) is 0 Å². The Morgan fingerprint density at radius 2 is 1.17 bits per heavy atom. The van der Waals surface area contributed by atoms with Crippen molar-refractivity contribution < 1.29 is 42.5 Å². The normalized spacial score (nSPS) is 12.5. The van der Waals surface area contributed by atoms with Crippen molar-refractivity contribution in [2.24, 2.45) is 5.92 Å². The first-order valence-electron chi connectivity index (χ1n) is 11.5. The summed E-state index contributed by atoms with van der Waals surface area (Å²) in [6.07, 6.45) is 19.7. The maximum Gasteiger partial charge on any atom is 1.00 e. The third-order valence-corrected chi connectivity index (χ3v) is 6.57. The minimum absolute atomic E-state index is 0. The van der Waals surface area contributed by atoms with E-state index in [1.807, 2.05) is 0 Å². The summed E-state index contributed by atoms with van der Waals surface area (Å²) < 4.78 is 32.9. The van der Waals surface area contributed by atoms with Crippen LogP contribution in [-0.4, -0.2) is 13.0 Å². The van der Waals surface area contributed by atoms with E-state index in [0.717, 1.165) is 24.3 Å². The van der Waals surface area contributed by atoms with Gasteiger partial charge in [-0.25, -0.2) is 8.42 Å². The first kappa shape index (κ1) is 29.1. The molecule has 1 unspecified atom stereocenters. The van der Waals surface area contributed by atoms with Crippen molar-refractivity contribution >= 4 is 10.1 Å². The first-order valence-corrected chi connectivity index (χ1v) is 12.9. The molecule has 0 N–H and O–H groups in total. The van der Waals surface area contributed by atoms with Crippen LogP contribution >= 0.6 is 0 Å². The summed E-state index contributed by atoms with van der Waals surface area (Å²) >= 11 is 0. The van der Waals surface area contributed by atoms with Gasteiger partial charge < -0.3 is 4.55 Å². The van der Waals surface area contributed by atoms with E-state index >= 15 is 0 Å². The molecule has 0 saturated heterocycles. The number of benzene rings is 1. The van der Waals surface area contributed by atoms with Crippen LogP contribution in [0.25, 0.3) is 0 Å². The summed E-state index contributed by atoms with van der Waals surface area (Å²) in [5.74, 6) is 0.898. The Bertz CT molecular complexity index is 599. The van der Waals surface area contributed by atoms with Gasteiger partial charge in [0.15, 0.2) is 0 Å². The zero-order chi connectivity index (χ0) is 20.7. The van der Waals surface area contributed by atoms with E-state index in [1.165, 1.54) is 95.6 Å². The molecule has 0 aliphatic heterocycles. The largest absolute Gasteiger partial charge is 1.00 e. The Labute approximate surface area is 202 Å². The summed E-state index contributed by atoms with van der Waals surface area (Å²) in [7, 11) is -4.33. The molecule has 29 heavy (non-hydrogen) atoms. The number of aryl methyl sites for hydroxylation is 1. The zero-order valence-electron chi connectivity index (χ0n) is 19.1. The molecule has 3 nitrogen and oxygen atoms in total. The second kappa shape index (κ2) is 17.8. The molecule has 1 atom stereocenters. The zero-order valence-corrected chi connectivity index (χ0v) is 21.9. The van der Waals surface area contributed by atoms with E-state index in [1.54, 1.807) is 12.1 Å². The van der Waals surface area contributed by atoms with Gasteiger partial charge in [0.2, 0.25) is 0 Å². The molecular weight excluding hydrogens is 391 g/mol. The average molecular weight is 433 g/mol. The molecule has 0 heterocycles. The first-order chi connectivity index (χ1) is 13.5. The van der Waals surface area contributed by atoms with E-state index in [-0.39, 0.29) is 34.5 Å². The summed E-state index contributed by atoms with van der Waals surface area (Å²) in [5, 5.41) is 0.